The number of morpholine rings is 1. The fourth-order valence-electron chi connectivity index (χ4n) is 5.94. The van der Waals surface area contributed by atoms with Crippen molar-refractivity contribution in [2.75, 3.05) is 53.2 Å². The maximum atomic E-state index is 14.1. The Balaban J connectivity index is 1.34. The van der Waals surface area contributed by atoms with Gasteiger partial charge in [-0.3, -0.25) is 24.1 Å². The summed E-state index contributed by atoms with van der Waals surface area (Å²) in [5.74, 6) is -1.48. The number of methoxy groups -OCH3 is 1. The van der Waals surface area contributed by atoms with E-state index in [0.717, 1.165) is 16.7 Å². The number of nitrogens with one attached hydrogen (secondary N) is 2. The van der Waals surface area contributed by atoms with Crippen molar-refractivity contribution in [1.82, 2.24) is 15.5 Å². The number of carbonyl (C=O) groups is 4. The summed E-state index contributed by atoms with van der Waals surface area (Å²) >= 11 is 0. The molecule has 11 nitrogen and oxygen atoms in total. The van der Waals surface area contributed by atoms with Crippen molar-refractivity contribution >= 4 is 23.4 Å². The van der Waals surface area contributed by atoms with Crippen LogP contribution in [0.25, 0.3) is 0 Å². The van der Waals surface area contributed by atoms with Gasteiger partial charge in [0.25, 0.3) is 0 Å². The maximum absolute atomic E-state index is 14.1. The molecule has 0 bridgehead atoms. The number of rotatable bonds is 19. The number of benzene rings is 3. The minimum atomic E-state index is -0.987. The average molecular weight is 686 g/mol. The molecule has 11 heteroatoms. The molecule has 3 aromatic rings. The number of hydrogen-bond acceptors (Lipinski definition) is 9. The first kappa shape index (κ1) is 36.9. The second-order valence-electron chi connectivity index (χ2n) is 13.1. The molecule has 2 N–H and O–H groups in total. The highest BCUT2D eigenvalue weighted by molar-refractivity contribution is 5.98. The van der Waals surface area contributed by atoms with Crippen LogP contribution in [0.4, 0.5) is 0 Å². The molecule has 0 aromatic heterocycles. The number of hydrogen-bond donors (Lipinski definition) is 2. The van der Waals surface area contributed by atoms with E-state index >= 15 is 0 Å². The lowest BCUT2D eigenvalue weighted by molar-refractivity contribution is -0.135. The Hall–Kier alpha value is -4.42. The summed E-state index contributed by atoms with van der Waals surface area (Å²) in [7, 11) is 1.57. The minimum absolute atomic E-state index is 0.0652. The molecule has 2 aliphatic heterocycles. The summed E-state index contributed by atoms with van der Waals surface area (Å²) < 4.78 is 22.1. The van der Waals surface area contributed by atoms with Gasteiger partial charge in [-0.15, -0.1) is 0 Å². The third-order valence-electron chi connectivity index (χ3n) is 9.06. The SMILES string of the molecule is COc1ccc(CC(CC(=O)C(COCc2ccccc2)NC(=O)CN2CCOCC2)C(=O)NC(Cc2ccccc2)C(=O)C2(C)CO2)cc1. The number of ether oxygens (including phenoxy) is 4. The van der Waals surface area contributed by atoms with Crippen LogP contribution in [-0.4, -0.2) is 99.1 Å². The van der Waals surface area contributed by atoms with Gasteiger partial charge in [-0.1, -0.05) is 72.8 Å². The van der Waals surface area contributed by atoms with E-state index in [0.29, 0.717) is 32.1 Å². The molecule has 0 saturated carbocycles. The minimum Gasteiger partial charge on any atom is -0.497 e. The Labute approximate surface area is 293 Å². The molecule has 2 aliphatic rings. The Morgan fingerprint density at radius 3 is 2.06 bits per heavy atom. The van der Waals surface area contributed by atoms with Crippen molar-refractivity contribution in [3.63, 3.8) is 0 Å². The maximum Gasteiger partial charge on any atom is 0.234 e. The first-order valence-electron chi connectivity index (χ1n) is 17.1. The molecular weight excluding hydrogens is 638 g/mol. The molecule has 3 aromatic carbocycles. The molecule has 266 valence electrons. The fraction of sp³-hybridized carbons (Fsp3) is 0.436. The number of ketones is 2. The highest BCUT2D eigenvalue weighted by Gasteiger charge is 2.50. The van der Waals surface area contributed by atoms with E-state index < -0.39 is 29.5 Å². The molecule has 2 amide bonds. The molecule has 0 radical (unpaired) electrons. The van der Waals surface area contributed by atoms with Gasteiger partial charge < -0.3 is 29.6 Å². The number of amides is 2. The summed E-state index contributed by atoms with van der Waals surface area (Å²) in [6.45, 7) is 4.63. The monoisotopic (exact) mass is 685 g/mol. The van der Waals surface area contributed by atoms with E-state index in [1.807, 2.05) is 77.7 Å². The van der Waals surface area contributed by atoms with Crippen LogP contribution in [-0.2, 0) is 52.8 Å². The van der Waals surface area contributed by atoms with E-state index in [9.17, 15) is 19.2 Å². The summed E-state index contributed by atoms with van der Waals surface area (Å²) in [5, 5.41) is 5.85. The highest BCUT2D eigenvalue weighted by atomic mass is 16.6. The largest absolute Gasteiger partial charge is 0.497 e. The van der Waals surface area contributed by atoms with Gasteiger partial charge in [0.05, 0.1) is 52.7 Å². The predicted octanol–water partition coefficient (Wildman–Crippen LogP) is 2.93. The highest BCUT2D eigenvalue weighted by Crippen LogP contribution is 2.29. The summed E-state index contributed by atoms with van der Waals surface area (Å²) in [6, 6.07) is 24.5. The van der Waals surface area contributed by atoms with Crippen LogP contribution < -0.4 is 15.4 Å². The van der Waals surface area contributed by atoms with E-state index in [-0.39, 0.29) is 63.1 Å². The Kier molecular flexibility index (Phi) is 13.3. The third-order valence-corrected chi connectivity index (χ3v) is 9.06. The van der Waals surface area contributed by atoms with Gasteiger partial charge in [-0.25, -0.2) is 0 Å². The number of Topliss-reactive ketones (excluding diaryl/α,β-unsaturated/α-hetero) is 2. The molecule has 4 unspecified atom stereocenters. The molecule has 50 heavy (non-hydrogen) atoms. The van der Waals surface area contributed by atoms with Gasteiger partial charge in [0.1, 0.15) is 17.4 Å². The van der Waals surface area contributed by atoms with E-state index in [1.165, 1.54) is 0 Å². The van der Waals surface area contributed by atoms with Crippen molar-refractivity contribution in [2.45, 2.75) is 50.5 Å². The second-order valence-corrected chi connectivity index (χ2v) is 13.1. The molecule has 5 rings (SSSR count). The lowest BCUT2D eigenvalue weighted by atomic mass is 9.89. The van der Waals surface area contributed by atoms with Crippen molar-refractivity contribution in [1.29, 1.82) is 0 Å². The van der Waals surface area contributed by atoms with E-state index in [2.05, 4.69) is 10.6 Å². The Morgan fingerprint density at radius 1 is 0.820 bits per heavy atom. The topological polar surface area (TPSA) is 136 Å². The molecule has 4 atom stereocenters. The van der Waals surface area contributed by atoms with Gasteiger partial charge in [-0.05, 0) is 48.6 Å². The molecule has 2 saturated heterocycles. The summed E-state index contributed by atoms with van der Waals surface area (Å²) in [4.78, 5) is 57.0. The lowest BCUT2D eigenvalue weighted by Gasteiger charge is -2.27. The first-order chi connectivity index (χ1) is 24.2. The van der Waals surface area contributed by atoms with E-state index in [4.69, 9.17) is 18.9 Å². The molecule has 2 heterocycles. The Morgan fingerprint density at radius 2 is 1.44 bits per heavy atom. The molecule has 0 spiro atoms. The number of nitrogens with zero attached hydrogens (tertiary/aromatic N) is 1. The van der Waals surface area contributed by atoms with Crippen molar-refractivity contribution < 1.29 is 38.1 Å². The average Bonchev–Trinajstić information content (AvgIpc) is 3.90. The quantitative estimate of drug-likeness (QED) is 0.183. The van der Waals surface area contributed by atoms with Crippen molar-refractivity contribution in [2.24, 2.45) is 5.92 Å². The zero-order valence-corrected chi connectivity index (χ0v) is 28.8. The van der Waals surface area contributed by atoms with Crippen LogP contribution in [0.15, 0.2) is 84.9 Å². The first-order valence-corrected chi connectivity index (χ1v) is 17.1. The summed E-state index contributed by atoms with van der Waals surface area (Å²) in [5.41, 5.74) is 1.67. The van der Waals surface area contributed by atoms with Crippen molar-refractivity contribution in [3.05, 3.63) is 102 Å². The lowest BCUT2D eigenvalue weighted by Crippen LogP contribution is -2.51. The number of carbonyl (C=O) groups excluding carboxylic acids is 4. The van der Waals surface area contributed by atoms with Gasteiger partial charge in [0, 0.05) is 25.4 Å². The molecular formula is C39H47N3O8. The third kappa shape index (κ3) is 11.0. The molecule has 0 aliphatic carbocycles. The van der Waals surface area contributed by atoms with Crippen LogP contribution in [0.5, 0.6) is 5.75 Å². The smallest absolute Gasteiger partial charge is 0.234 e. The van der Waals surface area contributed by atoms with Crippen molar-refractivity contribution in [3.8, 4) is 5.75 Å². The van der Waals surface area contributed by atoms with Gasteiger partial charge in [0.2, 0.25) is 11.8 Å². The van der Waals surface area contributed by atoms with Crippen LogP contribution in [0.1, 0.15) is 30.0 Å². The normalized spacial score (nSPS) is 19.1. The summed E-state index contributed by atoms with van der Waals surface area (Å²) in [6.07, 6.45) is 0.317. The van der Waals surface area contributed by atoms with Crippen LogP contribution in [0.2, 0.25) is 0 Å². The van der Waals surface area contributed by atoms with Gasteiger partial charge in [-0.2, -0.15) is 0 Å². The van der Waals surface area contributed by atoms with Crippen LogP contribution in [0.3, 0.4) is 0 Å². The van der Waals surface area contributed by atoms with Crippen LogP contribution in [0, 0.1) is 5.92 Å². The zero-order valence-electron chi connectivity index (χ0n) is 28.8. The Bertz CT molecular complexity index is 1560. The van der Waals surface area contributed by atoms with Crippen LogP contribution >= 0.6 is 0 Å². The predicted molar refractivity (Wildman–Crippen MR) is 187 cm³/mol. The van der Waals surface area contributed by atoms with Gasteiger partial charge in [0.15, 0.2) is 11.6 Å². The zero-order chi connectivity index (χ0) is 35.3. The van der Waals surface area contributed by atoms with E-state index in [1.54, 1.807) is 26.2 Å². The van der Waals surface area contributed by atoms with Gasteiger partial charge >= 0.3 is 0 Å². The standard InChI is InChI=1S/C39H47N3O8/c1-39(27-50-39)37(45)33(22-28-9-5-3-6-10-28)41-38(46)31(21-29-13-15-32(47-2)16-14-29)23-35(43)34(26-49-25-30-11-7-4-8-12-30)40-36(44)24-42-17-19-48-20-18-42/h3-16,31,33-34H,17-27H2,1-2H3,(H,40,44)(H,41,46). The molecule has 2 fully saturated rings. The fourth-order valence-corrected chi connectivity index (χ4v) is 5.94. The number of epoxide rings is 1. The second kappa shape index (κ2) is 18.0.